The fourth-order valence-electron chi connectivity index (χ4n) is 2.44. The minimum atomic E-state index is -0.217. The summed E-state index contributed by atoms with van der Waals surface area (Å²) in [5.41, 5.74) is 8.17. The molecule has 1 atom stereocenters. The Labute approximate surface area is 134 Å². The number of nitrogens with zero attached hydrogens (tertiary/aromatic N) is 2. The Hall–Kier alpha value is -1.27. The quantitative estimate of drug-likeness (QED) is 0.905. The maximum atomic E-state index is 11.7. The number of halogens is 1. The number of hydrogen-bond acceptors (Lipinski definition) is 4. The number of ether oxygens (including phenoxy) is 1. The van der Waals surface area contributed by atoms with Crippen LogP contribution in [0.5, 0.6) is 0 Å². The number of anilines is 1. The molecule has 1 saturated heterocycles. The van der Waals surface area contributed by atoms with Gasteiger partial charge in [-0.2, -0.15) is 0 Å². The van der Waals surface area contributed by atoms with Gasteiger partial charge in [0.15, 0.2) is 0 Å². The summed E-state index contributed by atoms with van der Waals surface area (Å²) >= 11 is 3.58. The number of nitrogens with two attached hydrogens (primary N) is 1. The molecule has 0 saturated carbocycles. The highest BCUT2D eigenvalue weighted by Crippen LogP contribution is 2.28. The van der Waals surface area contributed by atoms with Crippen molar-refractivity contribution in [3.05, 3.63) is 28.2 Å². The third kappa shape index (κ3) is 3.89. The first kappa shape index (κ1) is 16.1. The molecule has 1 heterocycles. The molecule has 0 unspecified atom stereocenters. The molecule has 0 aromatic heterocycles. The fraction of sp³-hybridized carbons (Fsp3) is 0.533. The first-order valence-corrected chi connectivity index (χ1v) is 8.04. The zero-order valence-corrected chi connectivity index (χ0v) is 14.1. The van der Waals surface area contributed by atoms with E-state index in [1.165, 1.54) is 0 Å². The van der Waals surface area contributed by atoms with Gasteiger partial charge in [-0.1, -0.05) is 22.0 Å². The molecule has 1 aromatic rings. The van der Waals surface area contributed by atoms with E-state index in [-0.39, 0.29) is 12.1 Å². The van der Waals surface area contributed by atoms with E-state index in [0.29, 0.717) is 19.7 Å². The second-order valence-corrected chi connectivity index (χ2v) is 6.02. The fourth-order valence-corrected chi connectivity index (χ4v) is 3.17. The molecule has 2 N–H and O–H groups in total. The van der Waals surface area contributed by atoms with E-state index in [1.54, 1.807) is 4.90 Å². The van der Waals surface area contributed by atoms with E-state index in [4.69, 9.17) is 10.5 Å². The predicted molar refractivity (Wildman–Crippen MR) is 87.6 cm³/mol. The van der Waals surface area contributed by atoms with Crippen LogP contribution in [0.3, 0.4) is 0 Å². The highest BCUT2D eigenvalue weighted by atomic mass is 79.9. The second kappa shape index (κ2) is 7.13. The van der Waals surface area contributed by atoms with Crippen molar-refractivity contribution in [2.24, 2.45) is 5.73 Å². The van der Waals surface area contributed by atoms with Crippen LogP contribution in [0.25, 0.3) is 0 Å². The predicted octanol–water partition coefficient (Wildman–Crippen LogP) is 2.75. The van der Waals surface area contributed by atoms with Gasteiger partial charge < -0.3 is 20.3 Å². The number of piperazine rings is 1. The molecule has 1 amide bonds. The van der Waals surface area contributed by atoms with Crippen LogP contribution in [-0.4, -0.2) is 43.8 Å². The molecule has 21 heavy (non-hydrogen) atoms. The molecule has 6 heteroatoms. The lowest BCUT2D eigenvalue weighted by molar-refractivity contribution is 0.105. The molecule has 2 rings (SSSR count). The van der Waals surface area contributed by atoms with Crippen molar-refractivity contribution in [2.45, 2.75) is 19.9 Å². The number of carbonyl (C=O) groups is 1. The minimum absolute atomic E-state index is 0.00841. The van der Waals surface area contributed by atoms with E-state index < -0.39 is 0 Å². The van der Waals surface area contributed by atoms with Crippen LogP contribution in [0.4, 0.5) is 10.5 Å². The van der Waals surface area contributed by atoms with E-state index in [0.717, 1.165) is 28.8 Å². The Morgan fingerprint density at radius 3 is 2.57 bits per heavy atom. The summed E-state index contributed by atoms with van der Waals surface area (Å²) < 4.78 is 6.06. The van der Waals surface area contributed by atoms with Gasteiger partial charge in [0, 0.05) is 42.4 Å². The average Bonchev–Trinajstić information content (AvgIpc) is 2.47. The van der Waals surface area contributed by atoms with E-state index in [9.17, 15) is 4.79 Å². The number of benzene rings is 1. The van der Waals surface area contributed by atoms with Gasteiger partial charge in [-0.25, -0.2) is 4.79 Å². The van der Waals surface area contributed by atoms with Crippen LogP contribution in [0.1, 0.15) is 25.5 Å². The molecule has 5 nitrogen and oxygen atoms in total. The molecule has 116 valence electrons. The molecule has 1 aliphatic rings. The molecule has 0 spiro atoms. The van der Waals surface area contributed by atoms with E-state index in [1.807, 2.05) is 13.8 Å². The summed E-state index contributed by atoms with van der Waals surface area (Å²) in [5, 5.41) is 0. The molecule has 1 fully saturated rings. The van der Waals surface area contributed by atoms with Crippen LogP contribution in [-0.2, 0) is 4.74 Å². The Balaban J connectivity index is 1.99. The third-order valence-corrected chi connectivity index (χ3v) is 4.33. The maximum Gasteiger partial charge on any atom is 0.409 e. The first-order chi connectivity index (χ1) is 10.0. The van der Waals surface area contributed by atoms with Gasteiger partial charge in [0.25, 0.3) is 0 Å². The number of hydrogen-bond donors (Lipinski definition) is 1. The number of rotatable bonds is 3. The molecule has 1 aromatic carbocycles. The molecule has 0 aliphatic carbocycles. The maximum absolute atomic E-state index is 11.7. The zero-order valence-electron chi connectivity index (χ0n) is 12.5. The highest BCUT2D eigenvalue weighted by molar-refractivity contribution is 9.10. The topological polar surface area (TPSA) is 58.8 Å². The largest absolute Gasteiger partial charge is 0.450 e. The standard InChI is InChI=1S/C15H22BrN3O2/c1-3-21-15(20)19-8-6-18(7-9-19)12-4-5-13(11(2)17)14(16)10-12/h4-5,10-11H,3,6-9,17H2,1-2H3/t11-/m0/s1. The Kier molecular flexibility index (Phi) is 5.47. The normalized spacial score (nSPS) is 16.8. The van der Waals surface area contributed by atoms with Crippen LogP contribution in [0.15, 0.2) is 22.7 Å². The van der Waals surface area contributed by atoms with E-state index in [2.05, 4.69) is 39.0 Å². The Bertz CT molecular complexity index is 500. The van der Waals surface area contributed by atoms with Gasteiger partial charge in [-0.3, -0.25) is 0 Å². The summed E-state index contributed by atoms with van der Waals surface area (Å²) in [7, 11) is 0. The summed E-state index contributed by atoms with van der Waals surface area (Å²) in [5.74, 6) is 0. The van der Waals surface area contributed by atoms with Crippen LogP contribution >= 0.6 is 15.9 Å². The smallest absolute Gasteiger partial charge is 0.409 e. The van der Waals surface area contributed by atoms with Gasteiger partial charge in [0.1, 0.15) is 0 Å². The van der Waals surface area contributed by atoms with Crippen LogP contribution in [0.2, 0.25) is 0 Å². The summed E-state index contributed by atoms with van der Waals surface area (Å²) in [6.07, 6.45) is -0.217. The number of amides is 1. The van der Waals surface area contributed by atoms with Crippen molar-refractivity contribution in [3.63, 3.8) is 0 Å². The average molecular weight is 356 g/mol. The Morgan fingerprint density at radius 2 is 2.05 bits per heavy atom. The first-order valence-electron chi connectivity index (χ1n) is 7.24. The molecule has 0 radical (unpaired) electrons. The molecular weight excluding hydrogens is 334 g/mol. The lowest BCUT2D eigenvalue weighted by atomic mass is 10.1. The van der Waals surface area contributed by atoms with Gasteiger partial charge in [0.05, 0.1) is 6.61 Å². The van der Waals surface area contributed by atoms with Gasteiger partial charge in [0.2, 0.25) is 0 Å². The lowest BCUT2D eigenvalue weighted by Crippen LogP contribution is -2.49. The van der Waals surface area contributed by atoms with Crippen molar-refractivity contribution in [3.8, 4) is 0 Å². The molecular formula is C15H22BrN3O2. The molecule has 1 aliphatic heterocycles. The summed E-state index contributed by atoms with van der Waals surface area (Å²) in [6, 6.07) is 6.25. The van der Waals surface area contributed by atoms with Crippen molar-refractivity contribution in [2.75, 3.05) is 37.7 Å². The van der Waals surface area contributed by atoms with Crippen LogP contribution in [0, 0.1) is 0 Å². The van der Waals surface area contributed by atoms with Gasteiger partial charge in [-0.05, 0) is 31.5 Å². The van der Waals surface area contributed by atoms with Gasteiger partial charge in [-0.15, -0.1) is 0 Å². The van der Waals surface area contributed by atoms with Crippen LogP contribution < -0.4 is 10.6 Å². The Morgan fingerprint density at radius 1 is 1.38 bits per heavy atom. The third-order valence-electron chi connectivity index (χ3n) is 3.65. The zero-order chi connectivity index (χ0) is 15.4. The lowest BCUT2D eigenvalue weighted by Gasteiger charge is -2.35. The minimum Gasteiger partial charge on any atom is -0.450 e. The summed E-state index contributed by atoms with van der Waals surface area (Å²) in [6.45, 7) is 7.21. The van der Waals surface area contributed by atoms with Gasteiger partial charge >= 0.3 is 6.09 Å². The van der Waals surface area contributed by atoms with Crippen molar-refractivity contribution in [1.29, 1.82) is 0 Å². The highest BCUT2D eigenvalue weighted by Gasteiger charge is 2.22. The van der Waals surface area contributed by atoms with Crippen molar-refractivity contribution >= 4 is 27.7 Å². The SMILES string of the molecule is CCOC(=O)N1CCN(c2ccc([C@H](C)N)c(Br)c2)CC1. The van der Waals surface area contributed by atoms with E-state index >= 15 is 0 Å². The van der Waals surface area contributed by atoms with Crippen molar-refractivity contribution < 1.29 is 9.53 Å². The molecule has 0 bridgehead atoms. The van der Waals surface area contributed by atoms with Crippen molar-refractivity contribution in [1.82, 2.24) is 4.90 Å². The number of carbonyl (C=O) groups excluding carboxylic acids is 1. The monoisotopic (exact) mass is 355 g/mol. The summed E-state index contributed by atoms with van der Waals surface area (Å²) in [4.78, 5) is 15.7. The second-order valence-electron chi connectivity index (χ2n) is 5.17.